The van der Waals surface area contributed by atoms with E-state index in [1.54, 1.807) is 56.3 Å². The Kier molecular flexibility index (Phi) is 7.59. The minimum Gasteiger partial charge on any atom is -0.497 e. The van der Waals surface area contributed by atoms with Crippen molar-refractivity contribution >= 4 is 17.6 Å². The maximum Gasteiger partial charge on any atom is 0.352 e. The van der Waals surface area contributed by atoms with E-state index in [4.69, 9.17) is 13.8 Å². The van der Waals surface area contributed by atoms with Crippen LogP contribution in [0.1, 0.15) is 25.2 Å². The van der Waals surface area contributed by atoms with E-state index in [0.29, 0.717) is 11.3 Å². The fourth-order valence-electron chi connectivity index (χ4n) is 2.46. The van der Waals surface area contributed by atoms with Gasteiger partial charge >= 0.3 is 7.60 Å². The molecule has 2 rings (SSSR count). The van der Waals surface area contributed by atoms with Crippen molar-refractivity contribution < 1.29 is 26.8 Å². The van der Waals surface area contributed by atoms with E-state index < -0.39 is 23.4 Å². The Morgan fingerprint density at radius 2 is 1.52 bits per heavy atom. The van der Waals surface area contributed by atoms with Crippen LogP contribution in [-0.2, 0) is 23.6 Å². The van der Waals surface area contributed by atoms with E-state index in [1.165, 1.54) is 19.2 Å². The number of benzene rings is 2. The average Bonchev–Trinajstić information content (AvgIpc) is 2.67. The van der Waals surface area contributed by atoms with Crippen LogP contribution in [0.15, 0.2) is 59.5 Å². The predicted octanol–water partition coefficient (Wildman–Crippen LogP) is 3.94. The lowest BCUT2D eigenvalue weighted by Crippen LogP contribution is -2.30. The number of hydrogen-bond acceptors (Lipinski definition) is 6. The van der Waals surface area contributed by atoms with Gasteiger partial charge in [-0.2, -0.15) is 4.72 Å². The van der Waals surface area contributed by atoms with Crippen LogP contribution in [-0.4, -0.2) is 28.7 Å². The summed E-state index contributed by atoms with van der Waals surface area (Å²) in [5.41, 5.74) is 0.445. The third-order valence-electron chi connectivity index (χ3n) is 3.69. The van der Waals surface area contributed by atoms with Crippen LogP contribution < -0.4 is 9.46 Å². The molecule has 0 aliphatic heterocycles. The van der Waals surface area contributed by atoms with Gasteiger partial charge in [-0.1, -0.05) is 30.3 Å². The van der Waals surface area contributed by atoms with Crippen molar-refractivity contribution in [3.8, 4) is 5.75 Å². The highest BCUT2D eigenvalue weighted by Crippen LogP contribution is 2.60. The number of hydrogen-bond donors (Lipinski definition) is 1. The monoisotopic (exact) mass is 413 g/mol. The van der Waals surface area contributed by atoms with E-state index in [2.05, 4.69) is 4.72 Å². The molecule has 0 saturated heterocycles. The standard InChI is InChI=1S/C18H24NO6PS/c1-4-24-26(20,25-5-2)18(15-11-13-16(23-3)14-12-15)19-27(21,22)17-9-7-6-8-10-17/h6-14,18-19H,4-5H2,1-3H3. The molecule has 9 heteroatoms. The zero-order valence-electron chi connectivity index (χ0n) is 15.5. The Bertz CT molecular complexity index is 860. The Balaban J connectivity index is 2.49. The van der Waals surface area contributed by atoms with Crippen molar-refractivity contribution in [3.63, 3.8) is 0 Å². The summed E-state index contributed by atoms with van der Waals surface area (Å²) < 4.78 is 57.4. The van der Waals surface area contributed by atoms with Crippen molar-refractivity contribution in [2.24, 2.45) is 0 Å². The topological polar surface area (TPSA) is 90.9 Å². The first-order valence-corrected chi connectivity index (χ1v) is 11.6. The van der Waals surface area contributed by atoms with Crippen LogP contribution in [0.5, 0.6) is 5.75 Å². The molecule has 0 fully saturated rings. The number of nitrogens with one attached hydrogen (secondary N) is 1. The van der Waals surface area contributed by atoms with Gasteiger partial charge in [0.15, 0.2) is 0 Å². The first-order valence-electron chi connectivity index (χ1n) is 8.46. The molecule has 7 nitrogen and oxygen atoms in total. The van der Waals surface area contributed by atoms with Crippen LogP contribution in [0.4, 0.5) is 0 Å². The predicted molar refractivity (Wildman–Crippen MR) is 103 cm³/mol. The molecule has 27 heavy (non-hydrogen) atoms. The lowest BCUT2D eigenvalue weighted by atomic mass is 10.2. The molecule has 0 bridgehead atoms. The Morgan fingerprint density at radius 1 is 0.963 bits per heavy atom. The first kappa shape index (κ1) is 21.6. The fourth-order valence-corrected chi connectivity index (χ4v) is 6.11. The van der Waals surface area contributed by atoms with E-state index in [-0.39, 0.29) is 18.1 Å². The summed E-state index contributed by atoms with van der Waals surface area (Å²) in [6.07, 6.45) is 0. The van der Waals surface area contributed by atoms with Gasteiger partial charge in [0.05, 0.1) is 25.2 Å². The van der Waals surface area contributed by atoms with Crippen LogP contribution in [0, 0.1) is 0 Å². The molecule has 1 unspecified atom stereocenters. The van der Waals surface area contributed by atoms with Crippen molar-refractivity contribution in [2.45, 2.75) is 24.5 Å². The Hall–Kier alpha value is -1.70. The molecule has 0 radical (unpaired) electrons. The van der Waals surface area contributed by atoms with Gasteiger partial charge in [-0.3, -0.25) is 4.57 Å². The molecule has 0 aliphatic carbocycles. The third kappa shape index (κ3) is 5.40. The van der Waals surface area contributed by atoms with E-state index in [1.807, 2.05) is 0 Å². The van der Waals surface area contributed by atoms with Crippen molar-refractivity contribution in [1.29, 1.82) is 0 Å². The van der Waals surface area contributed by atoms with Crippen molar-refractivity contribution in [2.75, 3.05) is 20.3 Å². The molecule has 1 N–H and O–H groups in total. The number of methoxy groups -OCH3 is 1. The smallest absolute Gasteiger partial charge is 0.352 e. The van der Waals surface area contributed by atoms with Gasteiger partial charge in [0.25, 0.3) is 0 Å². The summed E-state index contributed by atoms with van der Waals surface area (Å²) in [5, 5.41) is 0. The van der Waals surface area contributed by atoms with Gasteiger partial charge in [-0.15, -0.1) is 0 Å². The molecule has 0 spiro atoms. The van der Waals surface area contributed by atoms with E-state index in [0.717, 1.165) is 0 Å². The lowest BCUT2D eigenvalue weighted by molar-refractivity contribution is 0.210. The first-order chi connectivity index (χ1) is 12.9. The highest BCUT2D eigenvalue weighted by molar-refractivity contribution is 7.89. The Labute approximate surface area is 160 Å². The van der Waals surface area contributed by atoms with Crippen LogP contribution in [0.2, 0.25) is 0 Å². The normalized spacial score (nSPS) is 13.3. The second-order valence-electron chi connectivity index (χ2n) is 5.49. The highest BCUT2D eigenvalue weighted by atomic mass is 32.2. The van der Waals surface area contributed by atoms with Gasteiger partial charge in [-0.25, -0.2) is 8.42 Å². The van der Waals surface area contributed by atoms with Crippen LogP contribution in [0.3, 0.4) is 0 Å². The number of rotatable bonds is 10. The largest absolute Gasteiger partial charge is 0.497 e. The molecule has 0 saturated carbocycles. The Morgan fingerprint density at radius 3 is 2.00 bits per heavy atom. The molecular formula is C18H24NO6PS. The lowest BCUT2D eigenvalue weighted by Gasteiger charge is -2.27. The quantitative estimate of drug-likeness (QED) is 0.594. The van der Waals surface area contributed by atoms with Gasteiger partial charge in [0.2, 0.25) is 10.0 Å². The summed E-state index contributed by atoms with van der Waals surface area (Å²) in [6.45, 7) is 3.55. The van der Waals surface area contributed by atoms with Crippen LogP contribution >= 0.6 is 7.60 Å². The minimum atomic E-state index is -3.96. The fraction of sp³-hybridized carbons (Fsp3) is 0.333. The maximum absolute atomic E-state index is 13.4. The number of sulfonamides is 1. The summed E-state index contributed by atoms with van der Waals surface area (Å²) >= 11 is 0. The highest BCUT2D eigenvalue weighted by Gasteiger charge is 2.40. The van der Waals surface area contributed by atoms with Crippen LogP contribution in [0.25, 0.3) is 0 Å². The summed E-state index contributed by atoms with van der Waals surface area (Å²) in [7, 11) is -6.26. The average molecular weight is 413 g/mol. The summed E-state index contributed by atoms with van der Waals surface area (Å²) in [6, 6.07) is 14.4. The van der Waals surface area contributed by atoms with Crippen molar-refractivity contribution in [1.82, 2.24) is 4.72 Å². The van der Waals surface area contributed by atoms with Gasteiger partial charge < -0.3 is 13.8 Å². The minimum absolute atomic E-state index is 0.0584. The second kappa shape index (κ2) is 9.48. The van der Waals surface area contributed by atoms with Gasteiger partial charge in [-0.05, 0) is 43.7 Å². The molecular weight excluding hydrogens is 389 g/mol. The molecule has 0 aromatic heterocycles. The molecule has 2 aromatic carbocycles. The molecule has 0 amide bonds. The SMILES string of the molecule is CCOP(=O)(OCC)C(NS(=O)(=O)c1ccccc1)c1ccc(OC)cc1. The molecule has 148 valence electrons. The molecule has 2 aromatic rings. The summed E-state index contributed by atoms with van der Waals surface area (Å²) in [4.78, 5) is 0.0584. The van der Waals surface area contributed by atoms with Gasteiger partial charge in [0, 0.05) is 0 Å². The third-order valence-corrected chi connectivity index (χ3v) is 7.60. The zero-order chi connectivity index (χ0) is 19.9. The second-order valence-corrected chi connectivity index (χ2v) is 9.31. The molecule has 0 heterocycles. The van der Waals surface area contributed by atoms with Gasteiger partial charge in [0.1, 0.15) is 11.5 Å². The summed E-state index contributed by atoms with van der Waals surface area (Å²) in [5.74, 6) is -0.611. The van der Waals surface area contributed by atoms with E-state index in [9.17, 15) is 13.0 Å². The zero-order valence-corrected chi connectivity index (χ0v) is 17.2. The maximum atomic E-state index is 13.4. The molecule has 1 atom stereocenters. The van der Waals surface area contributed by atoms with E-state index >= 15 is 0 Å². The molecule has 0 aliphatic rings. The number of ether oxygens (including phenoxy) is 1. The van der Waals surface area contributed by atoms with Crippen molar-refractivity contribution in [3.05, 3.63) is 60.2 Å².